The molecule has 6 nitrogen and oxygen atoms in total. The first-order valence-corrected chi connectivity index (χ1v) is 7.50. The van der Waals surface area contributed by atoms with Gasteiger partial charge in [0.15, 0.2) is 0 Å². The molecule has 3 rings (SSSR count). The van der Waals surface area contributed by atoms with E-state index in [4.69, 9.17) is 9.52 Å². The number of benzene rings is 2. The molecule has 0 spiro atoms. The molecule has 6 heteroatoms. The third-order valence-electron chi connectivity index (χ3n) is 3.88. The first-order valence-electron chi connectivity index (χ1n) is 7.50. The number of carboxylic acid groups (broad SMARTS) is 1. The first kappa shape index (κ1) is 16.3. The maximum Gasteiger partial charge on any atom is 0.351 e. The molecule has 0 amide bonds. The summed E-state index contributed by atoms with van der Waals surface area (Å²) in [4.78, 5) is 24.7. The summed E-state index contributed by atoms with van der Waals surface area (Å²) in [5.41, 5.74) is 0.907. The molecule has 2 aromatic carbocycles. The van der Waals surface area contributed by atoms with Gasteiger partial charge in [0.1, 0.15) is 17.2 Å². The van der Waals surface area contributed by atoms with E-state index < -0.39 is 17.2 Å². The summed E-state index contributed by atoms with van der Waals surface area (Å²) in [5, 5.41) is 18.9. The summed E-state index contributed by atoms with van der Waals surface area (Å²) in [6.07, 6.45) is 0. The number of fused-ring (bicyclic) bond motifs is 1. The molecule has 1 N–H and O–H groups in total. The highest BCUT2D eigenvalue weighted by atomic mass is 16.4. The quantitative estimate of drug-likeness (QED) is 0.737. The number of rotatable bonds is 4. The van der Waals surface area contributed by atoms with Gasteiger partial charge in [-0.25, -0.2) is 9.59 Å². The Morgan fingerprint density at radius 1 is 1.24 bits per heavy atom. The zero-order valence-electron chi connectivity index (χ0n) is 13.4. The molecule has 1 aromatic heterocycles. The van der Waals surface area contributed by atoms with Crippen LogP contribution in [-0.4, -0.2) is 18.1 Å². The van der Waals surface area contributed by atoms with Gasteiger partial charge in [-0.05, 0) is 17.7 Å². The van der Waals surface area contributed by atoms with Gasteiger partial charge in [0.2, 0.25) is 0 Å². The molecule has 0 aliphatic carbocycles. The standard InChI is InChI=1S/C19H14N2O4/c1-21(11-12-5-3-2-4-6-12)16-9-17-13(7-14(16)10-20)8-15(18(22)23)19(24)25-17/h2-9H,11H2,1H3,(H,22,23). The van der Waals surface area contributed by atoms with Crippen molar-refractivity contribution in [3.63, 3.8) is 0 Å². The molecular formula is C19H14N2O4. The van der Waals surface area contributed by atoms with Crippen molar-refractivity contribution in [3.05, 3.63) is 75.6 Å². The van der Waals surface area contributed by atoms with Gasteiger partial charge in [0, 0.05) is 25.0 Å². The monoisotopic (exact) mass is 334 g/mol. The van der Waals surface area contributed by atoms with Crippen molar-refractivity contribution >= 4 is 22.6 Å². The molecule has 0 bridgehead atoms. The lowest BCUT2D eigenvalue weighted by Gasteiger charge is -2.21. The fourth-order valence-electron chi connectivity index (χ4n) is 2.65. The summed E-state index contributed by atoms with van der Waals surface area (Å²) in [6, 6.07) is 16.2. The lowest BCUT2D eigenvalue weighted by Crippen LogP contribution is -2.18. The van der Waals surface area contributed by atoms with E-state index in [0.717, 1.165) is 5.56 Å². The third kappa shape index (κ3) is 3.21. The summed E-state index contributed by atoms with van der Waals surface area (Å²) in [7, 11) is 1.83. The highest BCUT2D eigenvalue weighted by molar-refractivity contribution is 5.93. The van der Waals surface area contributed by atoms with Crippen LogP contribution in [0.3, 0.4) is 0 Å². The van der Waals surface area contributed by atoms with Crippen molar-refractivity contribution in [1.82, 2.24) is 0 Å². The molecule has 0 aliphatic heterocycles. The average molecular weight is 334 g/mol. The number of carbonyl (C=O) groups is 1. The molecule has 0 saturated heterocycles. The van der Waals surface area contributed by atoms with E-state index >= 15 is 0 Å². The Kier molecular flexibility index (Phi) is 4.23. The summed E-state index contributed by atoms with van der Waals surface area (Å²) < 4.78 is 5.12. The van der Waals surface area contributed by atoms with Crippen molar-refractivity contribution < 1.29 is 14.3 Å². The van der Waals surface area contributed by atoms with Gasteiger partial charge in [-0.2, -0.15) is 5.26 Å². The van der Waals surface area contributed by atoms with Crippen LogP contribution in [0.15, 0.2) is 57.7 Å². The Balaban J connectivity index is 2.09. The van der Waals surface area contributed by atoms with Gasteiger partial charge >= 0.3 is 11.6 Å². The smallest absolute Gasteiger partial charge is 0.351 e. The van der Waals surface area contributed by atoms with E-state index in [-0.39, 0.29) is 5.58 Å². The largest absolute Gasteiger partial charge is 0.477 e. The zero-order chi connectivity index (χ0) is 18.0. The van der Waals surface area contributed by atoms with Gasteiger partial charge in [0.05, 0.1) is 11.3 Å². The number of nitrogens with zero attached hydrogens (tertiary/aromatic N) is 2. The Labute approximate surface area is 143 Å². The second-order valence-electron chi connectivity index (χ2n) is 5.61. The first-order chi connectivity index (χ1) is 12.0. The van der Waals surface area contributed by atoms with Crippen molar-refractivity contribution in [3.8, 4) is 6.07 Å². The number of anilines is 1. The van der Waals surface area contributed by atoms with Crippen LogP contribution in [0, 0.1) is 11.3 Å². The van der Waals surface area contributed by atoms with Crippen molar-refractivity contribution in [1.29, 1.82) is 5.26 Å². The number of hydrogen-bond acceptors (Lipinski definition) is 5. The van der Waals surface area contributed by atoms with Gasteiger partial charge in [-0.3, -0.25) is 0 Å². The van der Waals surface area contributed by atoms with Crippen LogP contribution in [0.2, 0.25) is 0 Å². The molecule has 1 heterocycles. The van der Waals surface area contributed by atoms with Gasteiger partial charge in [-0.1, -0.05) is 30.3 Å². The molecule has 0 radical (unpaired) electrons. The normalized spacial score (nSPS) is 10.4. The molecule has 0 unspecified atom stereocenters. The minimum Gasteiger partial charge on any atom is -0.477 e. The lowest BCUT2D eigenvalue weighted by molar-refractivity contribution is 0.0692. The van der Waals surface area contributed by atoms with Crippen molar-refractivity contribution in [2.75, 3.05) is 11.9 Å². The SMILES string of the molecule is CN(Cc1ccccc1)c1cc2oc(=O)c(C(=O)O)cc2cc1C#N. The topological polar surface area (TPSA) is 94.5 Å². The van der Waals surface area contributed by atoms with E-state index in [1.54, 1.807) is 6.07 Å². The summed E-state index contributed by atoms with van der Waals surface area (Å²) in [5.74, 6) is -1.36. The van der Waals surface area contributed by atoms with E-state index in [1.165, 1.54) is 12.1 Å². The summed E-state index contributed by atoms with van der Waals surface area (Å²) >= 11 is 0. The Morgan fingerprint density at radius 3 is 2.60 bits per heavy atom. The summed E-state index contributed by atoms with van der Waals surface area (Å²) in [6.45, 7) is 0.568. The van der Waals surface area contributed by atoms with Crippen LogP contribution in [0.1, 0.15) is 21.5 Å². The zero-order valence-corrected chi connectivity index (χ0v) is 13.4. The van der Waals surface area contributed by atoms with Gasteiger partial charge < -0.3 is 14.4 Å². The van der Waals surface area contributed by atoms with Crippen LogP contribution in [0.4, 0.5) is 5.69 Å². The third-order valence-corrected chi connectivity index (χ3v) is 3.88. The fourth-order valence-corrected chi connectivity index (χ4v) is 2.65. The minimum absolute atomic E-state index is 0.240. The highest BCUT2D eigenvalue weighted by Crippen LogP contribution is 2.27. The predicted molar refractivity (Wildman–Crippen MR) is 92.7 cm³/mol. The maximum absolute atomic E-state index is 11.8. The number of nitriles is 1. The van der Waals surface area contributed by atoms with Crippen LogP contribution >= 0.6 is 0 Å². The van der Waals surface area contributed by atoms with E-state index in [0.29, 0.717) is 23.2 Å². The molecule has 0 saturated carbocycles. The number of aromatic carboxylic acids is 1. The van der Waals surface area contributed by atoms with Gasteiger partial charge in [-0.15, -0.1) is 0 Å². The second kappa shape index (κ2) is 6.49. The number of carboxylic acids is 1. The molecule has 3 aromatic rings. The van der Waals surface area contributed by atoms with Crippen molar-refractivity contribution in [2.45, 2.75) is 6.54 Å². The molecule has 124 valence electrons. The van der Waals surface area contributed by atoms with E-state index in [9.17, 15) is 14.9 Å². The Morgan fingerprint density at radius 2 is 1.96 bits per heavy atom. The molecule has 0 aliphatic rings. The molecular weight excluding hydrogens is 320 g/mol. The molecule has 25 heavy (non-hydrogen) atoms. The highest BCUT2D eigenvalue weighted by Gasteiger charge is 2.16. The minimum atomic E-state index is -1.36. The van der Waals surface area contributed by atoms with Crippen LogP contribution in [0.25, 0.3) is 11.0 Å². The maximum atomic E-state index is 11.8. The van der Waals surface area contributed by atoms with Crippen LogP contribution < -0.4 is 10.5 Å². The number of hydrogen-bond donors (Lipinski definition) is 1. The fraction of sp³-hybridized carbons (Fsp3) is 0.105. The second-order valence-corrected chi connectivity index (χ2v) is 5.61. The Bertz CT molecular complexity index is 1050. The van der Waals surface area contributed by atoms with Crippen LogP contribution in [-0.2, 0) is 6.54 Å². The predicted octanol–water partition coefficient (Wildman–Crippen LogP) is 3.00. The van der Waals surface area contributed by atoms with Crippen molar-refractivity contribution in [2.24, 2.45) is 0 Å². The van der Waals surface area contributed by atoms with Crippen LogP contribution in [0.5, 0.6) is 0 Å². The molecule has 0 atom stereocenters. The van der Waals surface area contributed by atoms with E-state index in [2.05, 4.69) is 6.07 Å². The average Bonchev–Trinajstić information content (AvgIpc) is 2.60. The molecule has 0 fully saturated rings. The Hall–Kier alpha value is -3.59. The lowest BCUT2D eigenvalue weighted by atomic mass is 10.1. The van der Waals surface area contributed by atoms with Gasteiger partial charge in [0.25, 0.3) is 0 Å². The van der Waals surface area contributed by atoms with E-state index in [1.807, 2.05) is 42.3 Å².